The molecule has 0 aliphatic carbocycles. The Labute approximate surface area is 187 Å². The molecule has 0 spiro atoms. The largest absolute Gasteiger partial charge is 0.462 e. The van der Waals surface area contributed by atoms with E-state index in [1.807, 2.05) is 38.1 Å². The van der Waals surface area contributed by atoms with Gasteiger partial charge in [-0.25, -0.2) is 4.79 Å². The minimum absolute atomic E-state index is 0.187. The number of hydrogen-bond donors (Lipinski definition) is 0. The van der Waals surface area contributed by atoms with Crippen LogP contribution in [0.4, 0.5) is 5.69 Å². The molecule has 0 bridgehead atoms. The number of hydrogen-bond acceptors (Lipinski definition) is 3. The van der Waals surface area contributed by atoms with Crippen LogP contribution in [0.15, 0.2) is 48.5 Å². The lowest BCUT2D eigenvalue weighted by Crippen LogP contribution is -2.32. The molecule has 2 aromatic carbocycles. The van der Waals surface area contributed by atoms with Gasteiger partial charge in [0.25, 0.3) is 5.91 Å². The van der Waals surface area contributed by atoms with Gasteiger partial charge in [0, 0.05) is 12.2 Å². The summed E-state index contributed by atoms with van der Waals surface area (Å²) >= 11 is 0. The Bertz CT molecular complexity index is 831. The van der Waals surface area contributed by atoms with E-state index in [0.717, 1.165) is 24.1 Å². The number of unbranched alkanes of at least 4 members (excludes halogenated alkanes) is 7. The highest BCUT2D eigenvalue weighted by atomic mass is 16.5. The maximum atomic E-state index is 13.3. The minimum Gasteiger partial charge on any atom is -0.462 e. The molecule has 0 N–H and O–H groups in total. The van der Waals surface area contributed by atoms with Crippen LogP contribution >= 0.6 is 0 Å². The summed E-state index contributed by atoms with van der Waals surface area (Å²) in [5.74, 6) is -0.611. The zero-order chi connectivity index (χ0) is 22.5. The molecule has 0 saturated heterocycles. The van der Waals surface area contributed by atoms with Crippen LogP contribution in [0.3, 0.4) is 0 Å². The lowest BCUT2D eigenvalue weighted by Gasteiger charge is -2.22. The third-order valence-corrected chi connectivity index (χ3v) is 5.48. The van der Waals surface area contributed by atoms with Gasteiger partial charge in [-0.1, -0.05) is 76.1 Å². The number of amides is 1. The number of benzene rings is 2. The summed E-state index contributed by atoms with van der Waals surface area (Å²) in [5, 5.41) is 0. The highest BCUT2D eigenvalue weighted by Crippen LogP contribution is 2.21. The number of nitrogens with zero attached hydrogens (tertiary/aromatic N) is 1. The zero-order valence-corrected chi connectivity index (χ0v) is 19.4. The van der Waals surface area contributed by atoms with Crippen molar-refractivity contribution in [1.82, 2.24) is 0 Å². The third-order valence-electron chi connectivity index (χ3n) is 5.48. The number of esters is 1. The van der Waals surface area contributed by atoms with Crippen LogP contribution in [0.25, 0.3) is 0 Å². The van der Waals surface area contributed by atoms with Crippen LogP contribution in [0, 0.1) is 6.92 Å². The fourth-order valence-electron chi connectivity index (χ4n) is 3.71. The summed E-state index contributed by atoms with van der Waals surface area (Å²) < 4.78 is 5.49. The van der Waals surface area contributed by atoms with E-state index in [4.69, 9.17) is 4.74 Å². The van der Waals surface area contributed by atoms with E-state index in [2.05, 4.69) is 6.92 Å². The molecule has 0 fully saturated rings. The lowest BCUT2D eigenvalue weighted by atomic mass is 10.1. The molecule has 0 unspecified atom stereocenters. The second-order valence-corrected chi connectivity index (χ2v) is 8.04. The number of aryl methyl sites for hydroxylation is 1. The number of carbonyl (C=O) groups is 2. The average molecular weight is 424 g/mol. The van der Waals surface area contributed by atoms with E-state index in [0.29, 0.717) is 24.3 Å². The molecule has 0 aliphatic heterocycles. The first kappa shape index (κ1) is 24.6. The number of ether oxygens (including phenoxy) is 1. The highest BCUT2D eigenvalue weighted by Gasteiger charge is 2.22. The quantitative estimate of drug-likeness (QED) is 0.258. The van der Waals surface area contributed by atoms with Crippen molar-refractivity contribution in [3.8, 4) is 0 Å². The van der Waals surface area contributed by atoms with Crippen LogP contribution < -0.4 is 4.90 Å². The Morgan fingerprint density at radius 1 is 0.806 bits per heavy atom. The molecule has 0 radical (unpaired) electrons. The summed E-state index contributed by atoms with van der Waals surface area (Å²) in [6, 6.07) is 14.8. The van der Waals surface area contributed by atoms with E-state index in [9.17, 15) is 9.59 Å². The first-order valence-electron chi connectivity index (χ1n) is 11.7. The van der Waals surface area contributed by atoms with E-state index in [1.54, 1.807) is 29.2 Å². The van der Waals surface area contributed by atoms with Gasteiger partial charge < -0.3 is 9.64 Å². The van der Waals surface area contributed by atoms with Gasteiger partial charge in [-0.3, -0.25) is 4.79 Å². The molecule has 0 aliphatic rings. The Morgan fingerprint density at radius 3 is 2.10 bits per heavy atom. The van der Waals surface area contributed by atoms with Crippen LogP contribution in [0.1, 0.15) is 91.5 Å². The highest BCUT2D eigenvalue weighted by molar-refractivity contribution is 6.12. The second-order valence-electron chi connectivity index (χ2n) is 8.04. The maximum Gasteiger partial charge on any atom is 0.338 e. The number of anilines is 1. The van der Waals surface area contributed by atoms with Crippen molar-refractivity contribution < 1.29 is 14.3 Å². The maximum absolute atomic E-state index is 13.3. The van der Waals surface area contributed by atoms with Gasteiger partial charge in [0.15, 0.2) is 0 Å². The standard InChI is InChI=1S/C27H37NO3/c1-4-6-7-8-9-10-11-14-20-31-27(30)25-19-13-12-18-24(25)26(29)28(5-2)23-17-15-16-22(3)21-23/h12-13,15-19,21H,4-11,14,20H2,1-3H3. The van der Waals surface area contributed by atoms with Gasteiger partial charge in [-0.15, -0.1) is 0 Å². The van der Waals surface area contributed by atoms with Gasteiger partial charge in [0.2, 0.25) is 0 Å². The predicted molar refractivity (Wildman–Crippen MR) is 128 cm³/mol. The lowest BCUT2D eigenvalue weighted by molar-refractivity contribution is 0.0494. The fourth-order valence-corrected chi connectivity index (χ4v) is 3.71. The molecule has 4 heteroatoms. The molecule has 4 nitrogen and oxygen atoms in total. The first-order valence-corrected chi connectivity index (χ1v) is 11.7. The monoisotopic (exact) mass is 423 g/mol. The molecule has 0 atom stereocenters. The van der Waals surface area contributed by atoms with Crippen molar-refractivity contribution in [1.29, 1.82) is 0 Å². The second kappa shape index (κ2) is 13.6. The van der Waals surface area contributed by atoms with Crippen molar-refractivity contribution in [3.63, 3.8) is 0 Å². The Hall–Kier alpha value is -2.62. The van der Waals surface area contributed by atoms with Gasteiger partial charge in [-0.2, -0.15) is 0 Å². The molecular formula is C27H37NO3. The smallest absolute Gasteiger partial charge is 0.338 e. The molecule has 2 aromatic rings. The van der Waals surface area contributed by atoms with E-state index in [-0.39, 0.29) is 5.91 Å². The fraction of sp³-hybridized carbons (Fsp3) is 0.481. The number of carbonyl (C=O) groups excluding carboxylic acids is 2. The van der Waals surface area contributed by atoms with Crippen LogP contribution in [0.5, 0.6) is 0 Å². The molecule has 2 rings (SSSR count). The number of rotatable bonds is 13. The van der Waals surface area contributed by atoms with Crippen molar-refractivity contribution in [2.45, 2.75) is 72.1 Å². The molecule has 1 amide bonds. The average Bonchev–Trinajstić information content (AvgIpc) is 2.78. The van der Waals surface area contributed by atoms with E-state index < -0.39 is 5.97 Å². The van der Waals surface area contributed by atoms with E-state index in [1.165, 1.54) is 38.5 Å². The van der Waals surface area contributed by atoms with Gasteiger partial charge in [-0.05, 0) is 50.1 Å². The molecule has 0 saturated carbocycles. The van der Waals surface area contributed by atoms with Crippen molar-refractivity contribution in [2.24, 2.45) is 0 Å². The molecular weight excluding hydrogens is 386 g/mol. The zero-order valence-electron chi connectivity index (χ0n) is 19.4. The Balaban J connectivity index is 1.93. The van der Waals surface area contributed by atoms with Gasteiger partial charge in [0.1, 0.15) is 0 Å². The Morgan fingerprint density at radius 2 is 1.45 bits per heavy atom. The van der Waals surface area contributed by atoms with Gasteiger partial charge in [0.05, 0.1) is 17.7 Å². The van der Waals surface area contributed by atoms with E-state index >= 15 is 0 Å². The first-order chi connectivity index (χ1) is 15.1. The topological polar surface area (TPSA) is 46.6 Å². The third kappa shape index (κ3) is 7.86. The van der Waals surface area contributed by atoms with Crippen molar-refractivity contribution >= 4 is 17.6 Å². The molecule has 0 heterocycles. The summed E-state index contributed by atoms with van der Waals surface area (Å²) in [6.07, 6.45) is 9.54. The van der Waals surface area contributed by atoms with Crippen LogP contribution in [0.2, 0.25) is 0 Å². The molecule has 0 aromatic heterocycles. The Kier molecular flexibility index (Phi) is 10.8. The summed E-state index contributed by atoms with van der Waals surface area (Å²) in [6.45, 7) is 7.07. The summed E-state index contributed by atoms with van der Waals surface area (Å²) in [4.78, 5) is 27.6. The normalized spacial score (nSPS) is 10.7. The minimum atomic E-state index is -0.424. The summed E-state index contributed by atoms with van der Waals surface area (Å²) in [5.41, 5.74) is 2.63. The van der Waals surface area contributed by atoms with Gasteiger partial charge >= 0.3 is 5.97 Å². The van der Waals surface area contributed by atoms with Crippen LogP contribution in [-0.2, 0) is 4.74 Å². The SMILES string of the molecule is CCCCCCCCCCOC(=O)c1ccccc1C(=O)N(CC)c1cccc(C)c1. The molecule has 168 valence electrons. The summed E-state index contributed by atoms with van der Waals surface area (Å²) in [7, 11) is 0. The molecule has 31 heavy (non-hydrogen) atoms. The van der Waals surface area contributed by atoms with Crippen molar-refractivity contribution in [3.05, 3.63) is 65.2 Å². The van der Waals surface area contributed by atoms with Crippen molar-refractivity contribution in [2.75, 3.05) is 18.1 Å². The van der Waals surface area contributed by atoms with Crippen LogP contribution in [-0.4, -0.2) is 25.0 Å². The predicted octanol–water partition coefficient (Wildman–Crippen LogP) is 6.96.